The van der Waals surface area contributed by atoms with Gasteiger partial charge in [-0.2, -0.15) is 0 Å². The van der Waals surface area contributed by atoms with Crippen LogP contribution in [0.15, 0.2) is 4.99 Å². The van der Waals surface area contributed by atoms with Crippen molar-refractivity contribution in [2.24, 2.45) is 16.3 Å². The molecule has 0 bridgehead atoms. The Hall–Kier alpha value is -0.530. The van der Waals surface area contributed by atoms with E-state index in [0.29, 0.717) is 11.5 Å². The quantitative estimate of drug-likeness (QED) is 0.607. The normalized spacial score (nSPS) is 37.3. The van der Waals surface area contributed by atoms with Crippen LogP contribution < -0.4 is 5.32 Å². The molecule has 0 aromatic rings. The van der Waals surface area contributed by atoms with Gasteiger partial charge in [-0.1, -0.05) is 13.8 Å². The minimum atomic E-state index is 0.545. The van der Waals surface area contributed by atoms with E-state index in [1.165, 1.54) is 19.3 Å². The minimum absolute atomic E-state index is 0.545. The molecule has 0 spiro atoms. The molecule has 1 fully saturated rings. The predicted molar refractivity (Wildman–Crippen MR) is 56.0 cm³/mol. The Kier molecular flexibility index (Phi) is 2.09. The van der Waals surface area contributed by atoms with E-state index < -0.39 is 0 Å². The molecule has 1 aliphatic heterocycles. The predicted octanol–water partition coefficient (Wildman–Crippen LogP) is 2.20. The van der Waals surface area contributed by atoms with Crippen LogP contribution in [0.25, 0.3) is 0 Å². The van der Waals surface area contributed by atoms with E-state index in [4.69, 9.17) is 0 Å². The van der Waals surface area contributed by atoms with Crippen molar-refractivity contribution in [3.05, 3.63) is 0 Å². The molecule has 2 aliphatic rings. The highest BCUT2D eigenvalue weighted by Crippen LogP contribution is 2.39. The standard InChI is InChI=1S/C11H20N2/c1-8-12-7-9-6-11(2,3)5-4-10(9)13-8/h9-10H,4-7H2,1-3H3,(H,12,13). The van der Waals surface area contributed by atoms with E-state index in [1.54, 1.807) is 0 Å². The van der Waals surface area contributed by atoms with Crippen LogP contribution >= 0.6 is 0 Å². The van der Waals surface area contributed by atoms with Crippen molar-refractivity contribution in [1.82, 2.24) is 5.32 Å². The van der Waals surface area contributed by atoms with Crippen LogP contribution in [0.3, 0.4) is 0 Å². The highest BCUT2D eigenvalue weighted by molar-refractivity contribution is 5.80. The molecule has 2 atom stereocenters. The Bertz CT molecular complexity index is 230. The first-order valence-corrected chi connectivity index (χ1v) is 5.34. The van der Waals surface area contributed by atoms with Gasteiger partial charge in [0, 0.05) is 12.6 Å². The van der Waals surface area contributed by atoms with Crippen molar-refractivity contribution in [2.45, 2.75) is 46.1 Å². The molecule has 1 aliphatic carbocycles. The first-order valence-electron chi connectivity index (χ1n) is 5.34. The fourth-order valence-corrected chi connectivity index (χ4v) is 2.69. The Morgan fingerprint density at radius 3 is 3.00 bits per heavy atom. The second-order valence-corrected chi connectivity index (χ2v) is 5.34. The maximum absolute atomic E-state index is 4.49. The Morgan fingerprint density at radius 1 is 1.46 bits per heavy atom. The van der Waals surface area contributed by atoms with E-state index >= 15 is 0 Å². The van der Waals surface area contributed by atoms with Gasteiger partial charge in [0.2, 0.25) is 0 Å². The molecule has 0 aromatic heterocycles. The maximum atomic E-state index is 4.49. The molecular formula is C11H20N2. The smallest absolute Gasteiger partial charge is 0.0933 e. The Labute approximate surface area is 80.8 Å². The van der Waals surface area contributed by atoms with Crippen LogP contribution in [0.1, 0.15) is 40.0 Å². The summed E-state index contributed by atoms with van der Waals surface area (Å²) in [6.45, 7) is 7.89. The van der Waals surface area contributed by atoms with Crippen LogP contribution in [0.4, 0.5) is 0 Å². The zero-order valence-corrected chi connectivity index (χ0v) is 8.93. The number of aliphatic imine (C=N–C) groups is 1. The number of amidine groups is 1. The molecule has 2 heteroatoms. The second kappa shape index (κ2) is 3.00. The lowest BCUT2D eigenvalue weighted by Gasteiger charge is -2.42. The highest BCUT2D eigenvalue weighted by atomic mass is 15.1. The molecule has 0 saturated heterocycles. The van der Waals surface area contributed by atoms with Crippen molar-refractivity contribution in [2.75, 3.05) is 6.54 Å². The lowest BCUT2D eigenvalue weighted by atomic mass is 9.69. The highest BCUT2D eigenvalue weighted by Gasteiger charge is 2.36. The van der Waals surface area contributed by atoms with E-state index in [-0.39, 0.29) is 0 Å². The average molecular weight is 180 g/mol. The molecule has 13 heavy (non-hydrogen) atoms. The molecule has 0 amide bonds. The van der Waals surface area contributed by atoms with Crippen LogP contribution in [-0.2, 0) is 0 Å². The summed E-state index contributed by atoms with van der Waals surface area (Å²) in [5.74, 6) is 1.92. The fraction of sp³-hybridized carbons (Fsp3) is 0.909. The number of rotatable bonds is 0. The summed E-state index contributed by atoms with van der Waals surface area (Å²) in [6.07, 6.45) is 4.01. The van der Waals surface area contributed by atoms with Gasteiger partial charge in [-0.25, -0.2) is 0 Å². The van der Waals surface area contributed by atoms with Crippen molar-refractivity contribution in [3.63, 3.8) is 0 Å². The van der Waals surface area contributed by atoms with Gasteiger partial charge in [0.1, 0.15) is 0 Å². The number of hydrogen-bond acceptors (Lipinski definition) is 2. The SMILES string of the molecule is CC1=NCC2CC(C)(C)CCC2N1. The molecule has 0 radical (unpaired) electrons. The van der Waals surface area contributed by atoms with Crippen molar-refractivity contribution in [3.8, 4) is 0 Å². The summed E-state index contributed by atoms with van der Waals surface area (Å²) in [6, 6.07) is 0.713. The van der Waals surface area contributed by atoms with Crippen molar-refractivity contribution < 1.29 is 0 Å². The van der Waals surface area contributed by atoms with Crippen molar-refractivity contribution >= 4 is 5.84 Å². The lowest BCUT2D eigenvalue weighted by molar-refractivity contribution is 0.148. The van der Waals surface area contributed by atoms with Gasteiger partial charge in [-0.05, 0) is 37.5 Å². The zero-order chi connectivity index (χ0) is 9.47. The molecule has 1 N–H and O–H groups in total. The van der Waals surface area contributed by atoms with Crippen LogP contribution in [-0.4, -0.2) is 18.4 Å². The largest absolute Gasteiger partial charge is 0.371 e. The zero-order valence-electron chi connectivity index (χ0n) is 8.93. The van der Waals surface area contributed by atoms with E-state index in [0.717, 1.165) is 18.3 Å². The number of nitrogens with zero attached hydrogens (tertiary/aromatic N) is 1. The summed E-state index contributed by atoms with van der Waals surface area (Å²) >= 11 is 0. The van der Waals surface area contributed by atoms with Crippen LogP contribution in [0.5, 0.6) is 0 Å². The third-order valence-electron chi connectivity index (χ3n) is 3.47. The monoisotopic (exact) mass is 180 g/mol. The van der Waals surface area contributed by atoms with E-state index in [2.05, 4.69) is 31.1 Å². The third kappa shape index (κ3) is 1.87. The van der Waals surface area contributed by atoms with Crippen LogP contribution in [0.2, 0.25) is 0 Å². The van der Waals surface area contributed by atoms with E-state index in [9.17, 15) is 0 Å². The fourth-order valence-electron chi connectivity index (χ4n) is 2.69. The van der Waals surface area contributed by atoms with Gasteiger partial charge in [-0.15, -0.1) is 0 Å². The number of fused-ring (bicyclic) bond motifs is 1. The van der Waals surface area contributed by atoms with Gasteiger partial charge >= 0.3 is 0 Å². The van der Waals surface area contributed by atoms with Crippen molar-refractivity contribution in [1.29, 1.82) is 0 Å². The molecule has 2 nitrogen and oxygen atoms in total. The van der Waals surface area contributed by atoms with Gasteiger partial charge < -0.3 is 5.32 Å². The molecule has 74 valence electrons. The molecule has 1 heterocycles. The van der Waals surface area contributed by atoms with Gasteiger partial charge in [0.15, 0.2) is 0 Å². The number of hydrogen-bond donors (Lipinski definition) is 1. The minimum Gasteiger partial charge on any atom is -0.371 e. The van der Waals surface area contributed by atoms with Gasteiger partial charge in [-0.3, -0.25) is 4.99 Å². The summed E-state index contributed by atoms with van der Waals surface area (Å²) in [5.41, 5.74) is 0.545. The first-order chi connectivity index (χ1) is 6.07. The number of nitrogens with one attached hydrogen (secondary N) is 1. The molecule has 1 saturated carbocycles. The molecular weight excluding hydrogens is 160 g/mol. The third-order valence-corrected chi connectivity index (χ3v) is 3.47. The van der Waals surface area contributed by atoms with Crippen LogP contribution in [0, 0.1) is 11.3 Å². The first kappa shape index (κ1) is 9.04. The average Bonchev–Trinajstić information content (AvgIpc) is 2.05. The topological polar surface area (TPSA) is 24.4 Å². The molecule has 2 unspecified atom stereocenters. The Balaban J connectivity index is 2.06. The van der Waals surface area contributed by atoms with Gasteiger partial charge in [0.25, 0.3) is 0 Å². The summed E-state index contributed by atoms with van der Waals surface area (Å²) in [5, 5.41) is 3.51. The summed E-state index contributed by atoms with van der Waals surface area (Å²) in [4.78, 5) is 4.49. The summed E-state index contributed by atoms with van der Waals surface area (Å²) < 4.78 is 0. The Morgan fingerprint density at radius 2 is 2.23 bits per heavy atom. The molecule has 2 rings (SSSR count). The summed E-state index contributed by atoms with van der Waals surface area (Å²) in [7, 11) is 0. The lowest BCUT2D eigenvalue weighted by Crippen LogP contribution is -2.48. The second-order valence-electron chi connectivity index (χ2n) is 5.34. The maximum Gasteiger partial charge on any atom is 0.0933 e. The van der Waals surface area contributed by atoms with E-state index in [1.807, 2.05) is 0 Å². The molecule has 0 aromatic carbocycles. The van der Waals surface area contributed by atoms with Gasteiger partial charge in [0.05, 0.1) is 5.84 Å².